The number of amides is 1. The monoisotopic (exact) mass is 435 g/mol. The standard InChI is InChI=1S/C20H23F2N5O4/c1-30-19(29)20(11-23-12-24-20)17-15(25-18(28)13-6-2-3-7-14(13)21)10-26(27(17)22)16-8-4-5-9-31-16/h2-3,6-7,10,12,16-17H,4-5,8-9,11H2,1H3,(H,23,24)(H,25,28). The quantitative estimate of drug-likeness (QED) is 0.531. The lowest BCUT2D eigenvalue weighted by molar-refractivity contribution is -0.242. The van der Waals surface area contributed by atoms with Crippen molar-refractivity contribution in [2.24, 2.45) is 4.99 Å². The van der Waals surface area contributed by atoms with Crippen LogP contribution in [0.1, 0.15) is 29.6 Å². The Bertz CT molecular complexity index is 911. The Hall–Kier alpha value is -3.05. The molecular formula is C20H23F2N5O4. The van der Waals surface area contributed by atoms with Gasteiger partial charge in [-0.05, 0) is 36.6 Å². The molecule has 4 rings (SSSR count). The molecule has 3 aliphatic heterocycles. The van der Waals surface area contributed by atoms with E-state index >= 15 is 4.48 Å². The molecule has 11 heteroatoms. The molecule has 0 radical (unpaired) electrons. The number of hydrogen-bond donors (Lipinski definition) is 2. The Labute approximate surface area is 177 Å². The first-order valence-corrected chi connectivity index (χ1v) is 9.95. The molecule has 1 aromatic rings. The summed E-state index contributed by atoms with van der Waals surface area (Å²) in [4.78, 5) is 29.5. The molecule has 1 saturated heterocycles. The first-order valence-electron chi connectivity index (χ1n) is 9.95. The number of carbonyl (C=O) groups is 2. The molecule has 1 amide bonds. The second kappa shape index (κ2) is 8.60. The van der Waals surface area contributed by atoms with Crippen molar-refractivity contribution in [1.82, 2.24) is 20.9 Å². The van der Waals surface area contributed by atoms with E-state index in [2.05, 4.69) is 15.6 Å². The van der Waals surface area contributed by atoms with E-state index in [4.69, 9.17) is 9.47 Å². The first kappa shape index (κ1) is 21.2. The van der Waals surface area contributed by atoms with Gasteiger partial charge in [0.25, 0.3) is 5.91 Å². The third-order valence-corrected chi connectivity index (χ3v) is 5.60. The zero-order chi connectivity index (χ0) is 22.0. The summed E-state index contributed by atoms with van der Waals surface area (Å²) in [7, 11) is 1.19. The Morgan fingerprint density at radius 2 is 2.16 bits per heavy atom. The molecule has 1 aromatic carbocycles. The van der Waals surface area contributed by atoms with Gasteiger partial charge < -0.3 is 20.1 Å². The maximum Gasteiger partial charge on any atom is 0.335 e. The molecule has 0 aliphatic carbocycles. The van der Waals surface area contributed by atoms with Crippen molar-refractivity contribution in [3.63, 3.8) is 0 Å². The van der Waals surface area contributed by atoms with Crippen LogP contribution in [-0.2, 0) is 14.3 Å². The van der Waals surface area contributed by atoms with Gasteiger partial charge in [-0.1, -0.05) is 12.1 Å². The number of carbonyl (C=O) groups excluding carboxylic acids is 2. The fourth-order valence-corrected chi connectivity index (χ4v) is 4.03. The summed E-state index contributed by atoms with van der Waals surface area (Å²) in [6.07, 6.45) is 4.31. The number of ether oxygens (including phenoxy) is 2. The van der Waals surface area contributed by atoms with Crippen LogP contribution in [0.2, 0.25) is 0 Å². The van der Waals surface area contributed by atoms with E-state index in [0.717, 1.165) is 18.9 Å². The average molecular weight is 435 g/mol. The molecule has 3 heterocycles. The van der Waals surface area contributed by atoms with Gasteiger partial charge in [-0.15, -0.1) is 4.48 Å². The summed E-state index contributed by atoms with van der Waals surface area (Å²) >= 11 is 0. The highest BCUT2D eigenvalue weighted by Gasteiger charge is 2.58. The number of halogens is 2. The summed E-state index contributed by atoms with van der Waals surface area (Å²) in [6, 6.07) is 4.12. The highest BCUT2D eigenvalue weighted by molar-refractivity contribution is 5.96. The van der Waals surface area contributed by atoms with Gasteiger partial charge in [0.15, 0.2) is 5.54 Å². The lowest BCUT2D eigenvalue weighted by Crippen LogP contribution is -2.66. The van der Waals surface area contributed by atoms with E-state index in [1.165, 1.54) is 42.9 Å². The fourth-order valence-electron chi connectivity index (χ4n) is 4.03. The number of nitrogens with one attached hydrogen (secondary N) is 2. The molecule has 2 N–H and O–H groups in total. The maximum absolute atomic E-state index is 15.7. The third kappa shape index (κ3) is 3.74. The van der Waals surface area contributed by atoms with E-state index in [9.17, 15) is 14.0 Å². The van der Waals surface area contributed by atoms with Crippen LogP contribution in [0, 0.1) is 5.82 Å². The number of benzene rings is 1. The highest BCUT2D eigenvalue weighted by atomic mass is 19.2. The molecule has 9 nitrogen and oxygen atoms in total. The van der Waals surface area contributed by atoms with Crippen molar-refractivity contribution >= 4 is 18.2 Å². The molecule has 31 heavy (non-hydrogen) atoms. The SMILES string of the molecule is COC(=O)C1(C2C(NC(=O)c3ccccc3F)=CN(C3CCCCO3)N2F)CN=CN1. The van der Waals surface area contributed by atoms with Crippen LogP contribution in [0.15, 0.2) is 41.2 Å². The number of rotatable bonds is 5. The zero-order valence-electron chi connectivity index (χ0n) is 16.9. The van der Waals surface area contributed by atoms with E-state index in [1.54, 1.807) is 0 Å². The van der Waals surface area contributed by atoms with Gasteiger partial charge >= 0.3 is 5.97 Å². The number of esters is 1. The minimum Gasteiger partial charge on any atom is -0.467 e. The molecule has 1 fully saturated rings. The van der Waals surface area contributed by atoms with Gasteiger partial charge in [0, 0.05) is 12.8 Å². The van der Waals surface area contributed by atoms with Crippen molar-refractivity contribution < 1.29 is 27.9 Å². The molecule has 0 aromatic heterocycles. The number of methoxy groups -OCH3 is 1. The predicted molar refractivity (Wildman–Crippen MR) is 105 cm³/mol. The van der Waals surface area contributed by atoms with E-state index in [-0.39, 0.29) is 17.8 Å². The Balaban J connectivity index is 1.69. The van der Waals surface area contributed by atoms with Crippen molar-refractivity contribution in [3.05, 3.63) is 47.5 Å². The van der Waals surface area contributed by atoms with Crippen molar-refractivity contribution in [2.75, 3.05) is 20.3 Å². The van der Waals surface area contributed by atoms with Crippen LogP contribution in [-0.4, -0.2) is 66.5 Å². The summed E-state index contributed by atoms with van der Waals surface area (Å²) in [5, 5.41) is 6.89. The maximum atomic E-state index is 15.7. The van der Waals surface area contributed by atoms with Crippen LogP contribution in [0.5, 0.6) is 0 Å². The smallest absolute Gasteiger partial charge is 0.335 e. The van der Waals surface area contributed by atoms with Crippen LogP contribution in [0.25, 0.3) is 0 Å². The van der Waals surface area contributed by atoms with Crippen molar-refractivity contribution in [2.45, 2.75) is 37.1 Å². The third-order valence-electron chi connectivity index (χ3n) is 5.60. The lowest BCUT2D eigenvalue weighted by atomic mass is 9.89. The average Bonchev–Trinajstić information content (AvgIpc) is 3.39. The van der Waals surface area contributed by atoms with E-state index in [0.29, 0.717) is 18.3 Å². The summed E-state index contributed by atoms with van der Waals surface area (Å²) in [5.41, 5.74) is -1.78. The van der Waals surface area contributed by atoms with Crippen LogP contribution >= 0.6 is 0 Å². The number of hydrogen-bond acceptors (Lipinski definition) is 8. The van der Waals surface area contributed by atoms with Gasteiger partial charge in [-0.25, -0.2) is 9.18 Å². The molecule has 0 saturated carbocycles. The largest absolute Gasteiger partial charge is 0.467 e. The lowest BCUT2D eigenvalue weighted by Gasteiger charge is -2.39. The number of hydrazine groups is 1. The second-order valence-corrected chi connectivity index (χ2v) is 7.49. The van der Waals surface area contributed by atoms with Gasteiger partial charge in [0.05, 0.1) is 31.3 Å². The molecule has 3 atom stereocenters. The fraction of sp³-hybridized carbons (Fsp3) is 0.450. The summed E-state index contributed by atoms with van der Waals surface area (Å²) in [6.45, 7) is 0.352. The molecule has 3 aliphatic rings. The Kier molecular flexibility index (Phi) is 5.88. The number of nitrogens with zero attached hydrogens (tertiary/aromatic N) is 3. The summed E-state index contributed by atoms with van der Waals surface area (Å²) in [5.74, 6) is -2.24. The van der Waals surface area contributed by atoms with E-state index < -0.39 is 35.5 Å². The predicted octanol–water partition coefficient (Wildman–Crippen LogP) is 1.25. The molecule has 0 spiro atoms. The highest BCUT2D eigenvalue weighted by Crippen LogP contribution is 2.35. The molecule has 0 bridgehead atoms. The van der Waals surface area contributed by atoms with Gasteiger partial charge in [0.1, 0.15) is 18.1 Å². The minimum absolute atomic E-state index is 0.0494. The normalized spacial score (nSPS) is 28.2. The molecule has 3 unspecified atom stereocenters. The second-order valence-electron chi connectivity index (χ2n) is 7.49. The van der Waals surface area contributed by atoms with Crippen LogP contribution in [0.4, 0.5) is 8.87 Å². The summed E-state index contributed by atoms with van der Waals surface area (Å²) < 4.78 is 40.4. The van der Waals surface area contributed by atoms with Crippen molar-refractivity contribution in [3.8, 4) is 0 Å². The Morgan fingerprint density at radius 3 is 2.81 bits per heavy atom. The zero-order valence-corrected chi connectivity index (χ0v) is 16.9. The topological polar surface area (TPSA) is 95.5 Å². The molecular weight excluding hydrogens is 412 g/mol. The van der Waals surface area contributed by atoms with Crippen LogP contribution < -0.4 is 10.6 Å². The van der Waals surface area contributed by atoms with Gasteiger partial charge in [-0.3, -0.25) is 14.8 Å². The van der Waals surface area contributed by atoms with Crippen molar-refractivity contribution in [1.29, 1.82) is 0 Å². The van der Waals surface area contributed by atoms with Gasteiger partial charge in [0.2, 0.25) is 0 Å². The Morgan fingerprint density at radius 1 is 1.35 bits per heavy atom. The first-order chi connectivity index (χ1) is 15.0. The number of aliphatic imine (C=N–C) groups is 1. The molecule has 166 valence electrons. The van der Waals surface area contributed by atoms with Crippen LogP contribution in [0.3, 0.4) is 0 Å². The van der Waals surface area contributed by atoms with E-state index in [1.807, 2.05) is 0 Å². The van der Waals surface area contributed by atoms with Gasteiger partial charge in [-0.2, -0.15) is 0 Å². The minimum atomic E-state index is -1.62.